The van der Waals surface area contributed by atoms with E-state index < -0.39 is 0 Å². The maximum absolute atomic E-state index is 12.5. The number of nitrogens with one attached hydrogen (secondary N) is 1. The van der Waals surface area contributed by atoms with E-state index in [4.69, 9.17) is 11.6 Å². The van der Waals surface area contributed by atoms with Crippen molar-refractivity contribution in [2.24, 2.45) is 16.4 Å². The molecule has 1 amide bonds. The average Bonchev–Trinajstić information content (AvgIpc) is 2.97. The van der Waals surface area contributed by atoms with Crippen LogP contribution in [0.2, 0.25) is 5.02 Å². The second-order valence-electron chi connectivity index (χ2n) is 7.48. The van der Waals surface area contributed by atoms with Gasteiger partial charge in [-0.3, -0.25) is 4.79 Å². The number of rotatable bonds is 4. The van der Waals surface area contributed by atoms with Gasteiger partial charge in [-0.1, -0.05) is 57.0 Å². The minimum absolute atomic E-state index is 0.213. The lowest BCUT2D eigenvalue weighted by atomic mass is 9.69. The molecule has 3 rings (SSSR count). The van der Waals surface area contributed by atoms with Crippen LogP contribution in [0.15, 0.2) is 29.4 Å². The van der Waals surface area contributed by atoms with E-state index in [0.29, 0.717) is 15.3 Å². The van der Waals surface area contributed by atoms with Crippen LogP contribution in [0, 0.1) is 11.3 Å². The van der Waals surface area contributed by atoms with Gasteiger partial charge in [0.15, 0.2) is 0 Å². The topological polar surface area (TPSA) is 41.5 Å². The lowest BCUT2D eigenvalue weighted by Crippen LogP contribution is -2.29. The number of hydrogen-bond donors (Lipinski definition) is 1. The zero-order chi connectivity index (χ0) is 18.0. The normalized spacial score (nSPS) is 18.4. The first-order valence-electron chi connectivity index (χ1n) is 8.95. The van der Waals surface area contributed by atoms with Gasteiger partial charge in [0.1, 0.15) is 4.88 Å². The highest BCUT2D eigenvalue weighted by molar-refractivity contribution is 7.21. The largest absolute Gasteiger partial charge is 0.283 e. The number of hydrogen-bond acceptors (Lipinski definition) is 3. The molecule has 5 heteroatoms. The van der Waals surface area contributed by atoms with Gasteiger partial charge in [0.25, 0.3) is 5.91 Å². The van der Waals surface area contributed by atoms with Crippen molar-refractivity contribution in [2.75, 3.05) is 0 Å². The van der Waals surface area contributed by atoms with Gasteiger partial charge in [-0.05, 0) is 43.1 Å². The van der Waals surface area contributed by atoms with Crippen LogP contribution in [0.25, 0.3) is 10.1 Å². The Morgan fingerprint density at radius 3 is 2.64 bits per heavy atom. The molecule has 134 valence electrons. The van der Waals surface area contributed by atoms with E-state index in [1.54, 1.807) is 0 Å². The summed E-state index contributed by atoms with van der Waals surface area (Å²) in [4.78, 5) is 13.0. The standard InChI is InChI=1S/C20H25ClN2OS/c1-4-20(2,3)13-9-11-14(12-10-13)22-23-19(24)18-17(21)15-7-5-6-8-16(15)25-18/h5-8,13H,4,9-12H2,1-3H3,(H,23,24). The fraction of sp³-hybridized carbons (Fsp3) is 0.500. The summed E-state index contributed by atoms with van der Waals surface area (Å²) in [6, 6.07) is 7.80. The average molecular weight is 377 g/mol. The molecule has 1 heterocycles. The van der Waals surface area contributed by atoms with E-state index in [1.807, 2.05) is 24.3 Å². The van der Waals surface area contributed by atoms with Gasteiger partial charge in [0, 0.05) is 15.8 Å². The van der Waals surface area contributed by atoms with E-state index in [2.05, 4.69) is 31.3 Å². The zero-order valence-electron chi connectivity index (χ0n) is 15.1. The molecule has 0 bridgehead atoms. The van der Waals surface area contributed by atoms with Crippen LogP contribution >= 0.6 is 22.9 Å². The van der Waals surface area contributed by atoms with E-state index in [1.165, 1.54) is 17.8 Å². The number of halogens is 1. The molecule has 0 spiro atoms. The smallest absolute Gasteiger partial charge is 0.266 e. The Bertz CT molecular complexity index is 799. The summed E-state index contributed by atoms with van der Waals surface area (Å²) in [7, 11) is 0. The van der Waals surface area contributed by atoms with Crippen LogP contribution in [-0.4, -0.2) is 11.6 Å². The molecule has 2 aromatic rings. The zero-order valence-corrected chi connectivity index (χ0v) is 16.6. The predicted molar refractivity (Wildman–Crippen MR) is 108 cm³/mol. The van der Waals surface area contributed by atoms with Gasteiger partial charge in [0.05, 0.1) is 5.02 Å². The van der Waals surface area contributed by atoms with Gasteiger partial charge in [0.2, 0.25) is 0 Å². The fourth-order valence-electron chi connectivity index (χ4n) is 3.47. The Kier molecular flexibility index (Phi) is 5.49. The number of fused-ring (bicyclic) bond motifs is 1. The molecule has 1 N–H and O–H groups in total. The van der Waals surface area contributed by atoms with Crippen LogP contribution in [-0.2, 0) is 0 Å². The molecule has 1 aromatic carbocycles. The molecule has 1 fully saturated rings. The van der Waals surface area contributed by atoms with Crippen LogP contribution in [0.4, 0.5) is 0 Å². The molecule has 0 radical (unpaired) electrons. The van der Waals surface area contributed by atoms with Crippen LogP contribution in [0.3, 0.4) is 0 Å². The van der Waals surface area contributed by atoms with Crippen molar-refractivity contribution in [3.8, 4) is 0 Å². The van der Waals surface area contributed by atoms with Crippen molar-refractivity contribution < 1.29 is 4.79 Å². The Balaban J connectivity index is 1.64. The molecule has 3 nitrogen and oxygen atoms in total. The summed E-state index contributed by atoms with van der Waals surface area (Å²) in [5, 5.41) is 5.82. The molecular weight excluding hydrogens is 352 g/mol. The minimum Gasteiger partial charge on any atom is -0.266 e. The summed E-state index contributed by atoms with van der Waals surface area (Å²) in [5.41, 5.74) is 4.19. The van der Waals surface area contributed by atoms with Crippen molar-refractivity contribution in [3.63, 3.8) is 0 Å². The lowest BCUT2D eigenvalue weighted by Gasteiger charge is -2.36. The third-order valence-electron chi connectivity index (χ3n) is 5.64. The van der Waals surface area contributed by atoms with E-state index >= 15 is 0 Å². The van der Waals surface area contributed by atoms with Gasteiger partial charge in [-0.25, -0.2) is 5.43 Å². The Labute approximate surface area is 158 Å². The predicted octanol–water partition coefficient (Wildman–Crippen LogP) is 6.27. The van der Waals surface area contributed by atoms with E-state index in [-0.39, 0.29) is 5.91 Å². The molecular formula is C20H25ClN2OS. The van der Waals surface area contributed by atoms with Gasteiger partial charge < -0.3 is 0 Å². The first-order chi connectivity index (χ1) is 11.9. The fourth-order valence-corrected chi connectivity index (χ4v) is 4.88. The Morgan fingerprint density at radius 2 is 2.00 bits per heavy atom. The second kappa shape index (κ2) is 7.46. The number of thiophene rings is 1. The van der Waals surface area contributed by atoms with Crippen LogP contribution in [0.1, 0.15) is 62.5 Å². The van der Waals surface area contributed by atoms with Crippen molar-refractivity contribution in [2.45, 2.75) is 52.9 Å². The molecule has 0 saturated heterocycles. The number of carbonyl (C=O) groups excluding carboxylic acids is 1. The maximum atomic E-state index is 12.5. The highest BCUT2D eigenvalue weighted by atomic mass is 35.5. The van der Waals surface area contributed by atoms with E-state index in [0.717, 1.165) is 47.4 Å². The number of hydrazone groups is 1. The van der Waals surface area contributed by atoms with Gasteiger partial charge in [-0.2, -0.15) is 5.10 Å². The molecule has 1 aliphatic rings. The minimum atomic E-state index is -0.213. The first-order valence-corrected chi connectivity index (χ1v) is 10.1. The number of benzene rings is 1. The molecule has 0 aliphatic heterocycles. The Hall–Kier alpha value is -1.39. The SMILES string of the molecule is CCC(C)(C)C1CCC(=NNC(=O)c2sc3ccccc3c2Cl)CC1. The van der Waals surface area contributed by atoms with Crippen molar-refractivity contribution in [1.82, 2.24) is 5.43 Å². The number of carbonyl (C=O) groups is 1. The monoisotopic (exact) mass is 376 g/mol. The molecule has 25 heavy (non-hydrogen) atoms. The summed E-state index contributed by atoms with van der Waals surface area (Å²) in [6.45, 7) is 6.97. The Morgan fingerprint density at radius 1 is 1.32 bits per heavy atom. The lowest BCUT2D eigenvalue weighted by molar-refractivity contribution is 0.0958. The van der Waals surface area contributed by atoms with Gasteiger partial charge in [-0.15, -0.1) is 11.3 Å². The summed E-state index contributed by atoms with van der Waals surface area (Å²) < 4.78 is 1.02. The first kappa shape index (κ1) is 18.4. The highest BCUT2D eigenvalue weighted by Gasteiger charge is 2.30. The third-order valence-corrected chi connectivity index (χ3v) is 7.31. The highest BCUT2D eigenvalue weighted by Crippen LogP contribution is 2.39. The van der Waals surface area contributed by atoms with Crippen molar-refractivity contribution >= 4 is 44.6 Å². The number of amides is 1. The van der Waals surface area contributed by atoms with Crippen molar-refractivity contribution in [1.29, 1.82) is 0 Å². The molecule has 1 aromatic heterocycles. The quantitative estimate of drug-likeness (QED) is 0.628. The summed E-state index contributed by atoms with van der Waals surface area (Å²) >= 11 is 7.77. The maximum Gasteiger partial charge on any atom is 0.283 e. The van der Waals surface area contributed by atoms with E-state index in [9.17, 15) is 4.79 Å². The summed E-state index contributed by atoms with van der Waals surface area (Å²) in [5.74, 6) is 0.527. The molecule has 1 saturated carbocycles. The second-order valence-corrected chi connectivity index (χ2v) is 8.91. The van der Waals surface area contributed by atoms with Crippen LogP contribution in [0.5, 0.6) is 0 Å². The molecule has 0 atom stereocenters. The van der Waals surface area contributed by atoms with Gasteiger partial charge >= 0.3 is 0 Å². The van der Waals surface area contributed by atoms with Crippen molar-refractivity contribution in [3.05, 3.63) is 34.2 Å². The molecule has 1 aliphatic carbocycles. The molecule has 0 unspecified atom stereocenters. The third kappa shape index (κ3) is 3.90. The van der Waals surface area contributed by atoms with Crippen LogP contribution < -0.4 is 5.43 Å². The number of nitrogens with zero attached hydrogens (tertiary/aromatic N) is 1. The summed E-state index contributed by atoms with van der Waals surface area (Å²) in [6.07, 6.45) is 5.44.